The van der Waals surface area contributed by atoms with Gasteiger partial charge in [0.2, 0.25) is 0 Å². The van der Waals surface area contributed by atoms with Gasteiger partial charge in [-0.25, -0.2) is 0 Å². The first kappa shape index (κ1) is 19.9. The average Bonchev–Trinajstić information content (AvgIpc) is 3.11. The van der Waals surface area contributed by atoms with Crippen molar-refractivity contribution in [1.29, 1.82) is 0 Å². The summed E-state index contributed by atoms with van der Waals surface area (Å²) in [5.41, 5.74) is 1.95. The highest BCUT2D eigenvalue weighted by atomic mass is 16.6. The van der Waals surface area contributed by atoms with Crippen LogP contribution in [0, 0.1) is 22.0 Å². The number of carbonyl (C=O) groups excluding carboxylic acids is 1. The van der Waals surface area contributed by atoms with Crippen molar-refractivity contribution in [2.24, 2.45) is 21.9 Å². The average molecular weight is 405 g/mol. The summed E-state index contributed by atoms with van der Waals surface area (Å²) in [5.74, 6) is -0.261. The van der Waals surface area contributed by atoms with Gasteiger partial charge in [0.1, 0.15) is 5.92 Å². The lowest BCUT2D eigenvalue weighted by molar-refractivity contribution is -0.384. The van der Waals surface area contributed by atoms with Crippen molar-refractivity contribution in [3.63, 3.8) is 0 Å². The third-order valence-corrected chi connectivity index (χ3v) is 5.43. The molecule has 1 amide bonds. The maximum Gasteiger partial charge on any atom is 0.269 e. The van der Waals surface area contributed by atoms with Crippen LogP contribution in [0.15, 0.2) is 64.7 Å². The number of nitro groups is 1. The Bertz CT molecular complexity index is 966. The highest BCUT2D eigenvalue weighted by Crippen LogP contribution is 2.27. The number of hydrogen-bond donors (Lipinski definition) is 1. The standard InChI is InChI=1S/C22H23N5O3/c28-22-20(15-24-14-16-10-12-23-13-11-16)21(17-4-2-1-3-5-17)25-26(22)18-6-8-19(9-7-18)27(29)30/h1-9,15-16,20,23H,10-14H2/t20-/m1/s1. The topological polar surface area (TPSA) is 100 Å². The summed E-state index contributed by atoms with van der Waals surface area (Å²) in [6.45, 7) is 2.71. The Labute approximate surface area is 174 Å². The summed E-state index contributed by atoms with van der Waals surface area (Å²) < 4.78 is 0. The molecule has 2 aliphatic heterocycles. The van der Waals surface area contributed by atoms with Crippen molar-refractivity contribution in [2.75, 3.05) is 24.6 Å². The molecule has 2 aromatic rings. The molecule has 2 aromatic carbocycles. The fourth-order valence-corrected chi connectivity index (χ4v) is 3.73. The first-order chi connectivity index (χ1) is 14.6. The van der Waals surface area contributed by atoms with Gasteiger partial charge in [0.25, 0.3) is 11.6 Å². The molecule has 0 bridgehead atoms. The van der Waals surface area contributed by atoms with E-state index in [0.29, 0.717) is 23.9 Å². The molecule has 2 heterocycles. The van der Waals surface area contributed by atoms with Crippen molar-refractivity contribution in [3.05, 3.63) is 70.3 Å². The quantitative estimate of drug-likeness (QED) is 0.453. The van der Waals surface area contributed by atoms with Crippen molar-refractivity contribution in [1.82, 2.24) is 5.32 Å². The SMILES string of the molecule is O=C1[C@H](C=NCC2CCNCC2)C(c2ccccc2)=NN1c1ccc([N+](=O)[O-])cc1. The van der Waals surface area contributed by atoms with Gasteiger partial charge in [-0.05, 0) is 49.5 Å². The van der Waals surface area contributed by atoms with E-state index in [-0.39, 0.29) is 11.6 Å². The van der Waals surface area contributed by atoms with Crippen LogP contribution in [0.2, 0.25) is 0 Å². The van der Waals surface area contributed by atoms with E-state index in [1.54, 1.807) is 6.21 Å². The predicted octanol–water partition coefficient (Wildman–Crippen LogP) is 3.03. The highest BCUT2D eigenvalue weighted by Gasteiger charge is 2.36. The third-order valence-electron chi connectivity index (χ3n) is 5.43. The Hall–Kier alpha value is -3.39. The lowest BCUT2D eigenvalue weighted by atomic mass is 9.97. The molecule has 1 fully saturated rings. The van der Waals surface area contributed by atoms with Crippen LogP contribution in [-0.4, -0.2) is 42.4 Å². The number of amides is 1. The molecule has 8 heteroatoms. The number of hydrazone groups is 1. The number of nitrogens with zero attached hydrogens (tertiary/aromatic N) is 4. The number of anilines is 1. The fourth-order valence-electron chi connectivity index (χ4n) is 3.73. The number of benzene rings is 2. The minimum Gasteiger partial charge on any atom is -0.317 e. The zero-order valence-corrected chi connectivity index (χ0v) is 16.5. The summed E-state index contributed by atoms with van der Waals surface area (Å²) in [5, 5.41) is 20.1. The Kier molecular flexibility index (Phi) is 5.94. The smallest absolute Gasteiger partial charge is 0.269 e. The van der Waals surface area contributed by atoms with E-state index in [0.717, 1.165) is 31.5 Å². The van der Waals surface area contributed by atoms with Crippen LogP contribution in [0.3, 0.4) is 0 Å². The van der Waals surface area contributed by atoms with Crippen molar-refractivity contribution in [2.45, 2.75) is 12.8 Å². The largest absolute Gasteiger partial charge is 0.317 e. The van der Waals surface area contributed by atoms with E-state index < -0.39 is 10.8 Å². The monoisotopic (exact) mass is 405 g/mol. The van der Waals surface area contributed by atoms with E-state index >= 15 is 0 Å². The van der Waals surface area contributed by atoms with Gasteiger partial charge in [-0.3, -0.25) is 19.9 Å². The number of hydrogen-bond acceptors (Lipinski definition) is 6. The summed E-state index contributed by atoms with van der Waals surface area (Å²) in [6.07, 6.45) is 3.89. The molecule has 0 spiro atoms. The first-order valence-corrected chi connectivity index (χ1v) is 10.1. The number of carbonyl (C=O) groups is 1. The summed E-state index contributed by atoms with van der Waals surface area (Å²) in [4.78, 5) is 28.2. The molecule has 2 aliphatic rings. The minimum absolute atomic E-state index is 0.0299. The zero-order chi connectivity index (χ0) is 20.9. The summed E-state index contributed by atoms with van der Waals surface area (Å²) in [7, 11) is 0. The molecule has 0 aromatic heterocycles. The second kappa shape index (κ2) is 8.96. The second-order valence-electron chi connectivity index (χ2n) is 7.46. The van der Waals surface area contributed by atoms with E-state index in [2.05, 4.69) is 15.4 Å². The van der Waals surface area contributed by atoms with Crippen LogP contribution in [0.4, 0.5) is 11.4 Å². The molecule has 1 saturated heterocycles. The molecule has 0 unspecified atom stereocenters. The second-order valence-corrected chi connectivity index (χ2v) is 7.46. The molecule has 4 rings (SSSR count). The van der Waals surface area contributed by atoms with E-state index in [9.17, 15) is 14.9 Å². The molecule has 1 N–H and O–H groups in total. The summed E-state index contributed by atoms with van der Waals surface area (Å²) >= 11 is 0. The molecule has 0 aliphatic carbocycles. The van der Waals surface area contributed by atoms with E-state index in [1.807, 2.05) is 30.3 Å². The number of nitro benzene ring substituents is 1. The predicted molar refractivity (Wildman–Crippen MR) is 116 cm³/mol. The van der Waals surface area contributed by atoms with Gasteiger partial charge in [-0.1, -0.05) is 30.3 Å². The lowest BCUT2D eigenvalue weighted by Gasteiger charge is -2.20. The number of non-ortho nitro benzene ring substituents is 1. The van der Waals surface area contributed by atoms with Gasteiger partial charge in [0, 0.05) is 24.9 Å². The molecule has 0 radical (unpaired) electrons. The van der Waals surface area contributed by atoms with Gasteiger partial charge in [-0.2, -0.15) is 10.1 Å². The van der Waals surface area contributed by atoms with Gasteiger partial charge in [0.05, 0.1) is 16.3 Å². The van der Waals surface area contributed by atoms with Gasteiger partial charge < -0.3 is 5.32 Å². The zero-order valence-electron chi connectivity index (χ0n) is 16.5. The number of rotatable bonds is 6. The fraction of sp³-hybridized carbons (Fsp3) is 0.318. The Morgan fingerprint density at radius 3 is 2.50 bits per heavy atom. The molecule has 154 valence electrons. The molecular weight excluding hydrogens is 382 g/mol. The van der Waals surface area contributed by atoms with Crippen LogP contribution >= 0.6 is 0 Å². The van der Waals surface area contributed by atoms with Crippen molar-refractivity contribution < 1.29 is 9.72 Å². The maximum atomic E-state index is 13.2. The molecule has 1 atom stereocenters. The number of piperidine rings is 1. The number of nitrogens with one attached hydrogen (secondary N) is 1. The van der Waals surface area contributed by atoms with Gasteiger partial charge in [0.15, 0.2) is 0 Å². The molecule has 0 saturated carbocycles. The summed E-state index contributed by atoms with van der Waals surface area (Å²) in [6, 6.07) is 15.4. The first-order valence-electron chi connectivity index (χ1n) is 10.1. The highest BCUT2D eigenvalue weighted by molar-refractivity contribution is 6.29. The van der Waals surface area contributed by atoms with Crippen LogP contribution in [-0.2, 0) is 4.79 Å². The third kappa shape index (κ3) is 4.28. The van der Waals surface area contributed by atoms with Crippen molar-refractivity contribution >= 4 is 29.2 Å². The van der Waals surface area contributed by atoms with Gasteiger partial charge >= 0.3 is 0 Å². The Balaban J connectivity index is 1.59. The van der Waals surface area contributed by atoms with E-state index in [1.165, 1.54) is 29.3 Å². The molecular formula is C22H23N5O3. The van der Waals surface area contributed by atoms with Crippen LogP contribution in [0.1, 0.15) is 18.4 Å². The maximum absolute atomic E-state index is 13.2. The van der Waals surface area contributed by atoms with Crippen LogP contribution < -0.4 is 10.3 Å². The van der Waals surface area contributed by atoms with E-state index in [4.69, 9.17) is 0 Å². The lowest BCUT2D eigenvalue weighted by Crippen LogP contribution is -2.30. The molecule has 8 nitrogen and oxygen atoms in total. The van der Waals surface area contributed by atoms with Crippen LogP contribution in [0.5, 0.6) is 0 Å². The van der Waals surface area contributed by atoms with Gasteiger partial charge in [-0.15, -0.1) is 0 Å². The molecule has 30 heavy (non-hydrogen) atoms. The Morgan fingerprint density at radius 1 is 1.13 bits per heavy atom. The normalized spacial score (nSPS) is 20.0. The number of aliphatic imine (C=N–C) groups is 1. The minimum atomic E-state index is -0.579. The Morgan fingerprint density at radius 2 is 1.83 bits per heavy atom. The van der Waals surface area contributed by atoms with Crippen molar-refractivity contribution in [3.8, 4) is 0 Å². The van der Waals surface area contributed by atoms with Crippen LogP contribution in [0.25, 0.3) is 0 Å².